The maximum absolute atomic E-state index is 13.0. The zero-order chi connectivity index (χ0) is 20.1. The van der Waals surface area contributed by atoms with E-state index in [1.54, 1.807) is 4.90 Å². The first-order valence-corrected chi connectivity index (χ1v) is 10.00. The summed E-state index contributed by atoms with van der Waals surface area (Å²) in [4.78, 5) is 40.8. The topological polar surface area (TPSA) is 81.8 Å². The number of nitrogens with zero attached hydrogens (tertiary/aromatic N) is 2. The Morgan fingerprint density at radius 1 is 1.21 bits per heavy atom. The molecule has 0 radical (unpaired) electrons. The van der Waals surface area contributed by atoms with Gasteiger partial charge in [0.2, 0.25) is 11.8 Å². The molecule has 3 aliphatic heterocycles. The summed E-state index contributed by atoms with van der Waals surface area (Å²) in [7, 11) is 0. The lowest BCUT2D eigenvalue weighted by Crippen LogP contribution is -2.60. The number of piperidine rings is 1. The normalized spacial score (nSPS) is 27.7. The van der Waals surface area contributed by atoms with Gasteiger partial charge in [-0.2, -0.15) is 0 Å². The van der Waals surface area contributed by atoms with E-state index >= 15 is 0 Å². The second-order valence-electron chi connectivity index (χ2n) is 8.82. The predicted molar refractivity (Wildman–Crippen MR) is 104 cm³/mol. The molecule has 2 atom stereocenters. The molecular weight excluding hydrogens is 356 g/mol. The Kier molecular flexibility index (Phi) is 4.75. The number of carbonyl (C=O) groups is 3. The smallest absolute Gasteiger partial charge is 0.255 e. The van der Waals surface area contributed by atoms with Crippen molar-refractivity contribution in [2.45, 2.75) is 64.3 Å². The zero-order valence-electron chi connectivity index (χ0n) is 16.7. The van der Waals surface area contributed by atoms with Gasteiger partial charge < -0.3 is 10.2 Å². The molecule has 2 unspecified atom stereocenters. The van der Waals surface area contributed by atoms with Crippen molar-refractivity contribution in [1.82, 2.24) is 20.4 Å². The third-order valence-electron chi connectivity index (χ3n) is 6.27. The summed E-state index contributed by atoms with van der Waals surface area (Å²) in [5.74, 6) is -0.739. The second kappa shape index (κ2) is 6.97. The minimum Gasteiger partial charge on any atom is -0.322 e. The van der Waals surface area contributed by atoms with Crippen LogP contribution >= 0.6 is 0 Å². The van der Waals surface area contributed by atoms with Crippen LogP contribution < -0.4 is 10.6 Å². The van der Waals surface area contributed by atoms with Crippen LogP contribution in [0, 0.1) is 0 Å². The maximum atomic E-state index is 13.0. The van der Waals surface area contributed by atoms with Gasteiger partial charge in [-0.3, -0.25) is 24.6 Å². The van der Waals surface area contributed by atoms with Gasteiger partial charge in [0.15, 0.2) is 0 Å². The number of hydrogen-bond donors (Lipinski definition) is 2. The van der Waals surface area contributed by atoms with Crippen LogP contribution in [0.5, 0.6) is 0 Å². The van der Waals surface area contributed by atoms with Crippen LogP contribution in [0.1, 0.15) is 55.1 Å². The monoisotopic (exact) mass is 384 g/mol. The van der Waals surface area contributed by atoms with Crippen molar-refractivity contribution in [2.75, 3.05) is 13.1 Å². The van der Waals surface area contributed by atoms with Crippen LogP contribution in [0.2, 0.25) is 0 Å². The summed E-state index contributed by atoms with van der Waals surface area (Å²) in [5.41, 5.74) is 2.87. The highest BCUT2D eigenvalue weighted by atomic mass is 16.2. The maximum Gasteiger partial charge on any atom is 0.255 e. The minimum absolute atomic E-state index is 0.0289. The number of imide groups is 1. The third-order valence-corrected chi connectivity index (χ3v) is 6.27. The van der Waals surface area contributed by atoms with Crippen molar-refractivity contribution in [1.29, 1.82) is 0 Å². The first-order chi connectivity index (χ1) is 13.3. The Hall–Kier alpha value is -2.25. The molecule has 3 heterocycles. The van der Waals surface area contributed by atoms with Gasteiger partial charge in [-0.1, -0.05) is 12.1 Å². The summed E-state index contributed by atoms with van der Waals surface area (Å²) in [6.07, 6.45) is 0.665. The number of benzene rings is 1. The molecule has 0 aliphatic carbocycles. The van der Waals surface area contributed by atoms with E-state index in [0.29, 0.717) is 24.6 Å². The molecule has 4 rings (SSSR count). The average Bonchev–Trinajstić information content (AvgIpc) is 2.96. The molecule has 150 valence electrons. The van der Waals surface area contributed by atoms with Gasteiger partial charge in [0, 0.05) is 49.7 Å². The summed E-state index contributed by atoms with van der Waals surface area (Å²) in [5, 5.41) is 5.89. The first-order valence-electron chi connectivity index (χ1n) is 10.00. The van der Waals surface area contributed by atoms with Crippen molar-refractivity contribution in [3.8, 4) is 0 Å². The largest absolute Gasteiger partial charge is 0.322 e. The standard InChI is InChI=1S/C21H28N4O3/c1-13-9-24(21(2,3)12-22-13)10-14-5-4-6-15-16(14)11-25(20(15)28)17-7-8-18(26)23-19(17)27/h4-6,13,17,22H,7-12H2,1-3H3,(H,23,26,27). The molecule has 0 spiro atoms. The molecule has 2 fully saturated rings. The highest BCUT2D eigenvalue weighted by Crippen LogP contribution is 2.31. The zero-order valence-corrected chi connectivity index (χ0v) is 16.7. The van der Waals surface area contributed by atoms with Gasteiger partial charge in [-0.15, -0.1) is 0 Å². The molecule has 2 saturated heterocycles. The third kappa shape index (κ3) is 3.33. The average molecular weight is 384 g/mol. The summed E-state index contributed by atoms with van der Waals surface area (Å²) in [6, 6.07) is 5.72. The van der Waals surface area contributed by atoms with Gasteiger partial charge >= 0.3 is 0 Å². The van der Waals surface area contributed by atoms with E-state index in [1.807, 2.05) is 12.1 Å². The fourth-order valence-corrected chi connectivity index (χ4v) is 4.46. The number of fused-ring (bicyclic) bond motifs is 1. The Bertz CT molecular complexity index is 835. The molecule has 1 aromatic carbocycles. The molecule has 28 heavy (non-hydrogen) atoms. The van der Waals surface area contributed by atoms with Gasteiger partial charge in [0.1, 0.15) is 6.04 Å². The molecule has 0 bridgehead atoms. The van der Waals surface area contributed by atoms with Gasteiger partial charge in [-0.25, -0.2) is 0 Å². The van der Waals surface area contributed by atoms with Gasteiger partial charge in [0.25, 0.3) is 5.91 Å². The molecule has 1 aromatic rings. The van der Waals surface area contributed by atoms with Crippen LogP contribution in [0.15, 0.2) is 18.2 Å². The minimum atomic E-state index is -0.568. The molecule has 3 aliphatic rings. The summed E-state index contributed by atoms with van der Waals surface area (Å²) < 4.78 is 0. The number of rotatable bonds is 3. The highest BCUT2D eigenvalue weighted by molar-refractivity contribution is 6.05. The van der Waals surface area contributed by atoms with Crippen LogP contribution in [0.25, 0.3) is 0 Å². The number of nitrogens with one attached hydrogen (secondary N) is 2. The summed E-state index contributed by atoms with van der Waals surface area (Å²) in [6.45, 7) is 9.72. The second-order valence-corrected chi connectivity index (χ2v) is 8.82. The number of amides is 3. The van der Waals surface area contributed by atoms with Crippen LogP contribution in [0.3, 0.4) is 0 Å². The van der Waals surface area contributed by atoms with Crippen molar-refractivity contribution in [2.24, 2.45) is 0 Å². The Morgan fingerprint density at radius 2 is 2.00 bits per heavy atom. The van der Waals surface area contributed by atoms with E-state index in [1.165, 1.54) is 0 Å². The van der Waals surface area contributed by atoms with E-state index in [2.05, 4.69) is 42.4 Å². The fraction of sp³-hybridized carbons (Fsp3) is 0.571. The highest BCUT2D eigenvalue weighted by Gasteiger charge is 2.40. The summed E-state index contributed by atoms with van der Waals surface area (Å²) >= 11 is 0. The van der Waals surface area contributed by atoms with Crippen molar-refractivity contribution in [3.63, 3.8) is 0 Å². The van der Waals surface area contributed by atoms with E-state index in [4.69, 9.17) is 0 Å². The van der Waals surface area contributed by atoms with Gasteiger partial charge in [0.05, 0.1) is 0 Å². The van der Waals surface area contributed by atoms with Crippen molar-refractivity contribution >= 4 is 17.7 Å². The Morgan fingerprint density at radius 3 is 2.75 bits per heavy atom. The predicted octanol–water partition coefficient (Wildman–Crippen LogP) is 1.02. The SMILES string of the molecule is CC1CN(Cc2cccc3c2CN(C2CCC(=O)NC2=O)C3=O)C(C)(C)CN1. The van der Waals surface area contributed by atoms with Gasteiger partial charge in [-0.05, 0) is 44.4 Å². The van der Waals surface area contributed by atoms with E-state index in [9.17, 15) is 14.4 Å². The molecule has 7 heteroatoms. The van der Waals surface area contributed by atoms with E-state index in [-0.39, 0.29) is 29.7 Å². The fourth-order valence-electron chi connectivity index (χ4n) is 4.46. The molecule has 2 N–H and O–H groups in total. The number of piperazine rings is 1. The van der Waals surface area contributed by atoms with Crippen LogP contribution in [-0.4, -0.2) is 58.2 Å². The van der Waals surface area contributed by atoms with E-state index in [0.717, 1.165) is 30.8 Å². The molecule has 0 saturated carbocycles. The van der Waals surface area contributed by atoms with E-state index < -0.39 is 6.04 Å². The number of carbonyl (C=O) groups excluding carboxylic acids is 3. The van der Waals surface area contributed by atoms with Crippen molar-refractivity contribution in [3.05, 3.63) is 34.9 Å². The van der Waals surface area contributed by atoms with Crippen LogP contribution in [-0.2, 0) is 22.7 Å². The van der Waals surface area contributed by atoms with Crippen molar-refractivity contribution < 1.29 is 14.4 Å². The Labute approximate surface area is 165 Å². The lowest BCUT2D eigenvalue weighted by molar-refractivity contribution is -0.136. The lowest BCUT2D eigenvalue weighted by atomic mass is 9.95. The first kappa shape index (κ1) is 19.1. The lowest BCUT2D eigenvalue weighted by Gasteiger charge is -2.45. The quantitative estimate of drug-likeness (QED) is 0.761. The number of hydrogen-bond acceptors (Lipinski definition) is 5. The van der Waals surface area contributed by atoms with Crippen LogP contribution in [0.4, 0.5) is 0 Å². The molecule has 3 amide bonds. The molecular formula is C21H28N4O3. The molecule has 0 aromatic heterocycles. The molecule has 7 nitrogen and oxygen atoms in total. The Balaban J connectivity index is 1.58.